The predicted molar refractivity (Wildman–Crippen MR) is 296 cm³/mol. The van der Waals surface area contributed by atoms with Crippen molar-refractivity contribution in [1.82, 2.24) is 0 Å². The van der Waals surface area contributed by atoms with Crippen LogP contribution in [0.3, 0.4) is 0 Å². The molecule has 68 heavy (non-hydrogen) atoms. The van der Waals surface area contributed by atoms with E-state index in [2.05, 4.69) is 271 Å². The molecule has 0 aliphatic carbocycles. The van der Waals surface area contributed by atoms with Gasteiger partial charge in [-0.15, -0.1) is 11.3 Å². The monoisotopic (exact) mass is 893 g/mol. The normalized spacial score (nSPS) is 12.0. The summed E-state index contributed by atoms with van der Waals surface area (Å²) in [7, 11) is 0. The van der Waals surface area contributed by atoms with Gasteiger partial charge in [-0.25, -0.2) is 0 Å². The van der Waals surface area contributed by atoms with E-state index in [1.165, 1.54) is 97.7 Å². The van der Waals surface area contributed by atoms with Gasteiger partial charge in [-0.05, 0) is 125 Å². The third-order valence-electron chi connectivity index (χ3n) is 13.6. The van der Waals surface area contributed by atoms with E-state index >= 15 is 0 Å². The predicted octanol–water partition coefficient (Wildman–Crippen LogP) is 19.6. The van der Waals surface area contributed by atoms with Crippen LogP contribution >= 0.6 is 11.3 Å². The third kappa shape index (κ3) is 8.10. The number of thiophene rings is 1. The van der Waals surface area contributed by atoms with Gasteiger partial charge in [0.05, 0.1) is 5.69 Å². The van der Waals surface area contributed by atoms with Gasteiger partial charge in [-0.2, -0.15) is 0 Å². The molecule has 11 rings (SSSR count). The summed E-state index contributed by atoms with van der Waals surface area (Å²) >= 11 is 1.87. The fourth-order valence-corrected chi connectivity index (χ4v) is 11.0. The molecule has 10 aromatic carbocycles. The molecule has 0 radical (unpaired) electrons. The molecule has 0 bridgehead atoms. The lowest BCUT2D eigenvalue weighted by Crippen LogP contribution is -2.16. The molecule has 0 spiro atoms. The molecule has 0 amide bonds. The zero-order chi connectivity index (χ0) is 46.6. The lowest BCUT2D eigenvalue weighted by Gasteiger charge is -2.29. The molecule has 0 atom stereocenters. The number of benzene rings is 10. The molecule has 0 fully saturated rings. The van der Waals surface area contributed by atoms with Gasteiger partial charge in [0.2, 0.25) is 0 Å². The Kier molecular flexibility index (Phi) is 10.9. The summed E-state index contributed by atoms with van der Waals surface area (Å²) in [6, 6.07) is 83.2. The van der Waals surface area contributed by atoms with E-state index in [9.17, 15) is 0 Å². The first kappa shape index (κ1) is 43.1. The number of para-hydroxylation sites is 1. The number of anilines is 3. The molecule has 1 aromatic heterocycles. The van der Waals surface area contributed by atoms with Gasteiger partial charge < -0.3 is 4.90 Å². The minimum atomic E-state index is -0.00568. The minimum absolute atomic E-state index is 0.00568. The van der Waals surface area contributed by atoms with Gasteiger partial charge in [-0.3, -0.25) is 0 Å². The van der Waals surface area contributed by atoms with Crippen LogP contribution in [-0.2, 0) is 10.8 Å². The van der Waals surface area contributed by atoms with E-state index in [0.29, 0.717) is 0 Å². The summed E-state index contributed by atoms with van der Waals surface area (Å²) < 4.78 is 2.61. The Bertz CT molecular complexity index is 3580. The molecule has 1 heterocycles. The van der Waals surface area contributed by atoms with E-state index in [1.807, 2.05) is 11.3 Å². The van der Waals surface area contributed by atoms with Crippen molar-refractivity contribution in [1.29, 1.82) is 0 Å². The standard InChI is InChI=1S/C66H55NS/c1-65(2,3)51-40-50(41-52(43-51)66(4,5)6)56-26-15-20-48-21-16-28-58(63(48)56)57-24-10-12-29-60(57)67(53-38-36-47(37-39-53)46-34-32-45(33-35-46)44-18-8-7-9-19-44)54-23-14-22-49(42-54)55-27-17-31-62-64(55)59-25-11-13-30-61(59)68-62/h7-43H,1-6H3. The highest BCUT2D eigenvalue weighted by molar-refractivity contribution is 7.25. The van der Waals surface area contributed by atoms with Crippen molar-refractivity contribution in [3.8, 4) is 55.6 Å². The maximum Gasteiger partial charge on any atom is 0.0540 e. The topological polar surface area (TPSA) is 3.24 Å². The molecule has 0 saturated carbocycles. The molecule has 0 aliphatic heterocycles. The molecule has 1 nitrogen and oxygen atoms in total. The summed E-state index contributed by atoms with van der Waals surface area (Å²) in [6.45, 7) is 13.9. The number of hydrogen-bond acceptors (Lipinski definition) is 2. The fourth-order valence-electron chi connectivity index (χ4n) is 9.90. The van der Waals surface area contributed by atoms with Gasteiger partial charge in [0.1, 0.15) is 0 Å². The lowest BCUT2D eigenvalue weighted by molar-refractivity contribution is 0.569. The summed E-state index contributed by atoms with van der Waals surface area (Å²) in [5.74, 6) is 0. The Morgan fingerprint density at radius 2 is 0.824 bits per heavy atom. The number of hydrogen-bond donors (Lipinski definition) is 0. The van der Waals surface area contributed by atoms with Crippen LogP contribution in [0.1, 0.15) is 52.7 Å². The van der Waals surface area contributed by atoms with Crippen molar-refractivity contribution < 1.29 is 0 Å². The third-order valence-corrected chi connectivity index (χ3v) is 14.7. The zero-order valence-corrected chi connectivity index (χ0v) is 40.5. The van der Waals surface area contributed by atoms with Crippen molar-refractivity contribution in [2.24, 2.45) is 0 Å². The van der Waals surface area contributed by atoms with Gasteiger partial charge >= 0.3 is 0 Å². The van der Waals surface area contributed by atoms with Gasteiger partial charge in [0.15, 0.2) is 0 Å². The van der Waals surface area contributed by atoms with Crippen molar-refractivity contribution in [3.05, 3.63) is 236 Å². The molecular formula is C66H55NS. The highest BCUT2D eigenvalue weighted by Crippen LogP contribution is 2.47. The Morgan fingerprint density at radius 1 is 0.324 bits per heavy atom. The van der Waals surface area contributed by atoms with Gasteiger partial charge in [0, 0.05) is 37.1 Å². The fraction of sp³-hybridized carbons (Fsp3) is 0.121. The van der Waals surface area contributed by atoms with Crippen molar-refractivity contribution in [2.45, 2.75) is 52.4 Å². The average molecular weight is 894 g/mol. The van der Waals surface area contributed by atoms with Crippen LogP contribution in [0.2, 0.25) is 0 Å². The smallest absolute Gasteiger partial charge is 0.0540 e. The second kappa shape index (κ2) is 17.3. The average Bonchev–Trinajstić information content (AvgIpc) is 3.75. The summed E-state index contributed by atoms with van der Waals surface area (Å²) in [5.41, 5.74) is 18.1. The van der Waals surface area contributed by atoms with Gasteiger partial charge in [0.25, 0.3) is 0 Å². The molecule has 11 aromatic rings. The van der Waals surface area contributed by atoms with Crippen LogP contribution in [0.25, 0.3) is 86.6 Å². The van der Waals surface area contributed by atoms with E-state index in [-0.39, 0.29) is 10.8 Å². The first-order valence-corrected chi connectivity index (χ1v) is 24.6. The molecule has 0 saturated heterocycles. The Hall–Kier alpha value is -7.52. The lowest BCUT2D eigenvalue weighted by atomic mass is 9.78. The summed E-state index contributed by atoms with van der Waals surface area (Å²) in [4.78, 5) is 2.46. The van der Waals surface area contributed by atoms with Gasteiger partial charge in [-0.1, -0.05) is 224 Å². The molecular weight excluding hydrogens is 839 g/mol. The maximum atomic E-state index is 2.46. The highest BCUT2D eigenvalue weighted by atomic mass is 32.1. The Labute approximate surface area is 405 Å². The largest absolute Gasteiger partial charge is 0.310 e. The van der Waals surface area contributed by atoms with Crippen LogP contribution in [0.5, 0.6) is 0 Å². The first-order chi connectivity index (χ1) is 33.0. The summed E-state index contributed by atoms with van der Waals surface area (Å²) in [6.07, 6.45) is 0. The molecule has 2 heteroatoms. The van der Waals surface area contributed by atoms with E-state index in [0.717, 1.165) is 17.1 Å². The number of fused-ring (bicyclic) bond motifs is 4. The van der Waals surface area contributed by atoms with Crippen molar-refractivity contribution in [3.63, 3.8) is 0 Å². The quantitative estimate of drug-likeness (QED) is 0.147. The molecule has 0 N–H and O–H groups in total. The SMILES string of the molecule is CC(C)(C)c1cc(-c2cccc3cccc(-c4ccccc4N(c4ccc(-c5ccc(-c6ccccc6)cc5)cc4)c4cccc(-c5cccc6sc7ccccc7c56)c4)c23)cc(C(C)(C)C)c1. The highest BCUT2D eigenvalue weighted by Gasteiger charge is 2.24. The molecule has 0 unspecified atom stereocenters. The molecule has 0 aliphatic rings. The van der Waals surface area contributed by atoms with Crippen molar-refractivity contribution >= 4 is 59.3 Å². The van der Waals surface area contributed by atoms with Crippen molar-refractivity contribution in [2.75, 3.05) is 4.90 Å². The maximum absolute atomic E-state index is 2.46. The second-order valence-corrected chi connectivity index (χ2v) is 21.3. The Morgan fingerprint density at radius 3 is 1.50 bits per heavy atom. The number of nitrogens with zero attached hydrogens (tertiary/aromatic N) is 1. The minimum Gasteiger partial charge on any atom is -0.310 e. The second-order valence-electron chi connectivity index (χ2n) is 20.2. The summed E-state index contributed by atoms with van der Waals surface area (Å²) in [5, 5.41) is 5.10. The van der Waals surface area contributed by atoms with Crippen LogP contribution < -0.4 is 4.90 Å². The van der Waals surface area contributed by atoms with Crippen LogP contribution in [0.15, 0.2) is 224 Å². The van der Waals surface area contributed by atoms with E-state index in [1.54, 1.807) is 0 Å². The van der Waals surface area contributed by atoms with E-state index < -0.39 is 0 Å². The first-order valence-electron chi connectivity index (χ1n) is 23.8. The van der Waals surface area contributed by atoms with Crippen LogP contribution in [0.4, 0.5) is 17.1 Å². The Balaban J connectivity index is 1.10. The van der Waals surface area contributed by atoms with Crippen LogP contribution in [0, 0.1) is 0 Å². The number of rotatable bonds is 8. The molecule has 330 valence electrons. The zero-order valence-electron chi connectivity index (χ0n) is 39.7. The van der Waals surface area contributed by atoms with E-state index in [4.69, 9.17) is 0 Å². The van der Waals surface area contributed by atoms with Crippen LogP contribution in [-0.4, -0.2) is 0 Å².